The summed E-state index contributed by atoms with van der Waals surface area (Å²) >= 11 is 0. The number of sulfone groups is 1. The van der Waals surface area contributed by atoms with Crippen molar-refractivity contribution in [2.24, 2.45) is 5.41 Å². The van der Waals surface area contributed by atoms with Crippen LogP contribution in [0, 0.1) is 18.2 Å². The highest BCUT2D eigenvalue weighted by molar-refractivity contribution is 7.90. The second-order valence-corrected chi connectivity index (χ2v) is 13.6. The summed E-state index contributed by atoms with van der Waals surface area (Å²) in [6.45, 7) is 5.68. The van der Waals surface area contributed by atoms with Crippen LogP contribution >= 0.6 is 0 Å². The molecule has 4 heterocycles. The van der Waals surface area contributed by atoms with Gasteiger partial charge >= 0.3 is 0 Å². The molecule has 11 nitrogen and oxygen atoms in total. The molecule has 2 fully saturated rings. The number of hydrogen-bond donors (Lipinski definition) is 3. The molecule has 1 aliphatic carbocycles. The van der Waals surface area contributed by atoms with Crippen LogP contribution in [0.25, 0.3) is 22.3 Å². The van der Waals surface area contributed by atoms with Crippen LogP contribution < -0.4 is 10.6 Å². The van der Waals surface area contributed by atoms with E-state index in [-0.39, 0.29) is 29.0 Å². The van der Waals surface area contributed by atoms with E-state index in [0.717, 1.165) is 37.8 Å². The molecule has 1 amide bonds. The average molecular weight is 608 g/mol. The van der Waals surface area contributed by atoms with Gasteiger partial charge in [0.1, 0.15) is 4.90 Å². The number of benzene rings is 1. The van der Waals surface area contributed by atoms with Crippen LogP contribution in [-0.4, -0.2) is 77.8 Å². The van der Waals surface area contributed by atoms with Crippen LogP contribution in [0.5, 0.6) is 0 Å². The number of aryl methyl sites for hydroxylation is 1. The number of methoxy groups -OCH3 is 1. The molecule has 6 rings (SSSR count). The number of pyridine rings is 1. The van der Waals surface area contributed by atoms with Crippen molar-refractivity contribution in [1.82, 2.24) is 24.8 Å². The second-order valence-electron chi connectivity index (χ2n) is 11.6. The Morgan fingerprint density at radius 2 is 2.00 bits per heavy atom. The number of H-pyrrole nitrogens is 1. The summed E-state index contributed by atoms with van der Waals surface area (Å²) < 4.78 is 44.3. The third kappa shape index (κ3) is 5.36. The third-order valence-electron chi connectivity index (χ3n) is 8.52. The Bertz CT molecular complexity index is 1810. The molecule has 43 heavy (non-hydrogen) atoms. The molecule has 2 aliphatic rings. The van der Waals surface area contributed by atoms with Crippen molar-refractivity contribution in [2.45, 2.75) is 50.2 Å². The second kappa shape index (κ2) is 11.0. The van der Waals surface area contributed by atoms with Crippen molar-refractivity contribution in [1.29, 1.82) is 0 Å². The van der Waals surface area contributed by atoms with Crippen molar-refractivity contribution in [3.63, 3.8) is 0 Å². The predicted molar refractivity (Wildman–Crippen MR) is 161 cm³/mol. The van der Waals surface area contributed by atoms with Crippen LogP contribution in [0.2, 0.25) is 0 Å². The Kier molecular flexibility index (Phi) is 7.43. The van der Waals surface area contributed by atoms with Gasteiger partial charge in [-0.15, -0.1) is 0 Å². The number of halogens is 1. The van der Waals surface area contributed by atoms with E-state index in [1.165, 1.54) is 18.2 Å². The lowest BCUT2D eigenvalue weighted by atomic mass is 9.61. The number of nitrogens with one attached hydrogen (secondary N) is 3. The lowest BCUT2D eigenvalue weighted by molar-refractivity contribution is -0.158. The zero-order chi connectivity index (χ0) is 30.5. The number of fused-ring (bicyclic) bond motifs is 1. The Hall–Kier alpha value is -3.94. The smallest absolute Gasteiger partial charge is 0.241 e. The number of nitrogens with zero attached hydrogens (tertiary/aromatic N) is 4. The minimum absolute atomic E-state index is 0.0609. The first-order valence-corrected chi connectivity index (χ1v) is 16.0. The van der Waals surface area contributed by atoms with Crippen LogP contribution in [0.4, 0.5) is 21.7 Å². The SMILES string of the molecule is CC[C@H](C(=O)Nc1ccnc2c(-c3nc(Nc4cccc(S(C)(=O)=O)c4F)ncc3C)c[nH]c12)N1CC2(CC(OC)C2)C1. The van der Waals surface area contributed by atoms with Crippen LogP contribution in [0.1, 0.15) is 31.7 Å². The molecule has 0 radical (unpaired) electrons. The highest BCUT2D eigenvalue weighted by Gasteiger charge is 2.54. The van der Waals surface area contributed by atoms with Crippen molar-refractivity contribution in [2.75, 3.05) is 37.1 Å². The molecule has 226 valence electrons. The molecule has 1 spiro atoms. The van der Waals surface area contributed by atoms with Gasteiger partial charge in [0.15, 0.2) is 15.7 Å². The molecule has 0 bridgehead atoms. The summed E-state index contributed by atoms with van der Waals surface area (Å²) in [6.07, 6.45) is 9.07. The highest BCUT2D eigenvalue weighted by Crippen LogP contribution is 2.50. The molecule has 1 saturated carbocycles. The Labute approximate surface area is 249 Å². The normalized spacial score (nSPS) is 17.4. The van der Waals surface area contributed by atoms with Gasteiger partial charge in [-0.1, -0.05) is 13.0 Å². The summed E-state index contributed by atoms with van der Waals surface area (Å²) in [5.74, 6) is -0.882. The number of anilines is 3. The first kappa shape index (κ1) is 29.1. The largest absolute Gasteiger partial charge is 0.381 e. The van der Waals surface area contributed by atoms with E-state index in [1.54, 1.807) is 31.8 Å². The summed E-state index contributed by atoms with van der Waals surface area (Å²) in [5, 5.41) is 5.90. The van der Waals surface area contributed by atoms with Crippen molar-refractivity contribution in [3.8, 4) is 11.3 Å². The third-order valence-corrected chi connectivity index (χ3v) is 9.64. The Morgan fingerprint density at radius 3 is 2.70 bits per heavy atom. The maximum atomic E-state index is 15.0. The van der Waals surface area contributed by atoms with Crippen LogP contribution in [0.15, 0.2) is 47.8 Å². The number of rotatable bonds is 9. The van der Waals surface area contributed by atoms with Gasteiger partial charge in [-0.05, 0) is 49.9 Å². The van der Waals surface area contributed by atoms with Gasteiger partial charge < -0.3 is 20.4 Å². The zero-order valence-electron chi connectivity index (χ0n) is 24.4. The zero-order valence-corrected chi connectivity index (χ0v) is 25.3. The van der Waals surface area contributed by atoms with Gasteiger partial charge in [0.25, 0.3) is 0 Å². The first-order valence-electron chi connectivity index (χ1n) is 14.2. The van der Waals surface area contributed by atoms with Gasteiger partial charge in [-0.25, -0.2) is 22.8 Å². The van der Waals surface area contributed by atoms with E-state index in [2.05, 4.69) is 35.5 Å². The van der Waals surface area contributed by atoms with Gasteiger partial charge in [0, 0.05) is 56.0 Å². The molecular weight excluding hydrogens is 573 g/mol. The van der Waals surface area contributed by atoms with E-state index >= 15 is 0 Å². The van der Waals surface area contributed by atoms with E-state index < -0.39 is 20.5 Å². The number of carbonyl (C=O) groups is 1. The minimum atomic E-state index is -3.76. The van der Waals surface area contributed by atoms with Crippen molar-refractivity contribution >= 4 is 44.1 Å². The fourth-order valence-electron chi connectivity index (χ4n) is 6.29. The Balaban J connectivity index is 1.23. The quantitative estimate of drug-likeness (QED) is 0.252. The molecular formula is C30H34FN7O4S. The summed E-state index contributed by atoms with van der Waals surface area (Å²) in [6, 6.07) is 5.60. The number of carbonyl (C=O) groups excluding carboxylic acids is 1. The average Bonchev–Trinajstić information content (AvgIpc) is 3.36. The first-order chi connectivity index (χ1) is 20.5. The molecule has 1 aromatic carbocycles. The maximum Gasteiger partial charge on any atom is 0.241 e. The number of likely N-dealkylation sites (tertiary alicyclic amines) is 1. The number of amides is 1. The van der Waals surface area contributed by atoms with Gasteiger partial charge in [0.05, 0.1) is 40.2 Å². The predicted octanol–water partition coefficient (Wildman–Crippen LogP) is 4.44. The number of hydrogen-bond acceptors (Lipinski definition) is 9. The highest BCUT2D eigenvalue weighted by atomic mass is 32.2. The number of ether oxygens (including phenoxy) is 1. The molecule has 4 aromatic rings. The van der Waals surface area contributed by atoms with Crippen molar-refractivity contribution in [3.05, 3.63) is 54.2 Å². The summed E-state index contributed by atoms with van der Waals surface area (Å²) in [4.78, 5) is 31.9. The number of aromatic amines is 1. The fourth-order valence-corrected chi connectivity index (χ4v) is 7.05. The molecule has 1 aliphatic heterocycles. The number of aromatic nitrogens is 4. The molecule has 13 heteroatoms. The lowest BCUT2D eigenvalue weighted by Crippen LogP contribution is -2.67. The molecule has 0 unspecified atom stereocenters. The van der Waals surface area contributed by atoms with E-state index in [1.807, 2.05) is 13.8 Å². The molecule has 3 aromatic heterocycles. The standard InChI is InChI=1S/C30H34FN7O4S/c1-5-22(38-15-30(16-38)11-18(12-30)42-3)28(39)35-21-9-10-32-26-19(14-33-27(21)26)25-17(2)13-34-29(37-25)36-20-7-6-8-23(24(20)31)43(4,40)41/h6-10,13-14,18,22,33H,5,11-12,15-16H2,1-4H3,(H,32,35,39)(H,34,36,37)/t22-/m1/s1. The summed E-state index contributed by atoms with van der Waals surface area (Å²) in [7, 11) is -2.01. The molecule has 1 saturated heterocycles. The monoisotopic (exact) mass is 607 g/mol. The maximum absolute atomic E-state index is 15.0. The topological polar surface area (TPSA) is 142 Å². The Morgan fingerprint density at radius 1 is 1.23 bits per heavy atom. The van der Waals surface area contributed by atoms with Gasteiger partial charge in [-0.2, -0.15) is 0 Å². The van der Waals surface area contributed by atoms with Crippen LogP contribution in [0.3, 0.4) is 0 Å². The van der Waals surface area contributed by atoms with E-state index in [0.29, 0.717) is 40.5 Å². The lowest BCUT2D eigenvalue weighted by Gasteiger charge is -2.60. The van der Waals surface area contributed by atoms with E-state index in [9.17, 15) is 17.6 Å². The summed E-state index contributed by atoms with van der Waals surface area (Å²) in [5.41, 5.74) is 4.07. The molecule has 3 N–H and O–H groups in total. The van der Waals surface area contributed by atoms with Crippen LogP contribution in [-0.2, 0) is 19.4 Å². The van der Waals surface area contributed by atoms with E-state index in [4.69, 9.17) is 4.74 Å². The van der Waals surface area contributed by atoms with Gasteiger partial charge in [-0.3, -0.25) is 14.7 Å². The molecule has 1 atom stereocenters. The fraction of sp³-hybridized carbons (Fsp3) is 0.400. The van der Waals surface area contributed by atoms with Crippen molar-refractivity contribution < 1.29 is 22.3 Å². The van der Waals surface area contributed by atoms with Gasteiger partial charge in [0.2, 0.25) is 11.9 Å². The minimum Gasteiger partial charge on any atom is -0.381 e.